The Balaban J connectivity index is 1.93. The highest BCUT2D eigenvalue weighted by Crippen LogP contribution is 2.19. The normalized spacial score (nSPS) is 41.5. The van der Waals surface area contributed by atoms with Gasteiger partial charge in [0.2, 0.25) is 0 Å². The molecule has 3 nitrogen and oxygen atoms in total. The van der Waals surface area contributed by atoms with Gasteiger partial charge in [-0.2, -0.15) is 0 Å². The van der Waals surface area contributed by atoms with Crippen LogP contribution in [0.3, 0.4) is 0 Å². The smallest absolute Gasteiger partial charge is 0.194 e. The number of carbonyl (C=O) groups is 1. The molecule has 2 aliphatic heterocycles. The molecule has 0 aromatic rings. The van der Waals surface area contributed by atoms with E-state index in [0.29, 0.717) is 13.2 Å². The summed E-state index contributed by atoms with van der Waals surface area (Å²) >= 11 is 0. The van der Waals surface area contributed by atoms with Crippen LogP contribution in [0.5, 0.6) is 0 Å². The standard InChI is InChI=1S/C5H6O3/c6-5(3-1-7-3)4-2-8-4/h3-4H,1-2H2. The Labute approximate surface area is 46.6 Å². The molecule has 2 unspecified atom stereocenters. The molecule has 0 spiro atoms. The average Bonchev–Trinajstić information content (AvgIpc) is 2.63. The van der Waals surface area contributed by atoms with Crippen LogP contribution in [0.15, 0.2) is 0 Å². The summed E-state index contributed by atoms with van der Waals surface area (Å²) in [6, 6.07) is 0. The maximum atomic E-state index is 10.7. The number of hydrogen-bond donors (Lipinski definition) is 0. The molecule has 2 atom stereocenters. The highest BCUT2D eigenvalue weighted by Gasteiger charge is 2.42. The van der Waals surface area contributed by atoms with Crippen LogP contribution >= 0.6 is 0 Å². The lowest BCUT2D eigenvalue weighted by Gasteiger charge is -1.82. The van der Waals surface area contributed by atoms with Gasteiger partial charge in [-0.05, 0) is 0 Å². The van der Waals surface area contributed by atoms with E-state index in [-0.39, 0.29) is 18.0 Å². The minimum atomic E-state index is -0.109. The first-order valence-electron chi connectivity index (χ1n) is 2.65. The fraction of sp³-hybridized carbons (Fsp3) is 0.800. The number of hydrogen-bond acceptors (Lipinski definition) is 3. The molecule has 2 heterocycles. The van der Waals surface area contributed by atoms with E-state index < -0.39 is 0 Å². The number of ketones is 1. The van der Waals surface area contributed by atoms with Crippen molar-refractivity contribution in [3.63, 3.8) is 0 Å². The van der Waals surface area contributed by atoms with Crippen molar-refractivity contribution in [2.24, 2.45) is 0 Å². The third-order valence-electron chi connectivity index (χ3n) is 1.30. The fourth-order valence-corrected chi connectivity index (χ4v) is 0.632. The maximum Gasteiger partial charge on any atom is 0.194 e. The molecule has 2 fully saturated rings. The van der Waals surface area contributed by atoms with Gasteiger partial charge >= 0.3 is 0 Å². The zero-order valence-electron chi connectivity index (χ0n) is 4.29. The second kappa shape index (κ2) is 1.30. The van der Waals surface area contributed by atoms with Crippen LogP contribution in [-0.2, 0) is 14.3 Å². The first-order chi connectivity index (χ1) is 3.88. The Kier molecular flexibility index (Phi) is 0.725. The highest BCUT2D eigenvalue weighted by molar-refractivity contribution is 5.90. The third kappa shape index (κ3) is 0.638. The molecule has 0 amide bonds. The predicted molar refractivity (Wildman–Crippen MR) is 24.5 cm³/mol. The first-order valence-corrected chi connectivity index (χ1v) is 2.65. The quantitative estimate of drug-likeness (QED) is 0.448. The predicted octanol–water partition coefficient (Wildman–Crippen LogP) is -0.647. The summed E-state index contributed by atoms with van der Waals surface area (Å²) in [4.78, 5) is 10.7. The monoisotopic (exact) mass is 114 g/mol. The molecule has 0 saturated carbocycles. The van der Waals surface area contributed by atoms with Crippen LogP contribution in [0.1, 0.15) is 0 Å². The third-order valence-corrected chi connectivity index (χ3v) is 1.30. The Hall–Kier alpha value is -0.410. The topological polar surface area (TPSA) is 42.1 Å². The van der Waals surface area contributed by atoms with Crippen molar-refractivity contribution < 1.29 is 14.3 Å². The van der Waals surface area contributed by atoms with Gasteiger partial charge < -0.3 is 9.47 Å². The van der Waals surface area contributed by atoms with Crippen LogP contribution in [0.2, 0.25) is 0 Å². The minimum absolute atomic E-state index is 0.109. The van der Waals surface area contributed by atoms with Gasteiger partial charge in [0.1, 0.15) is 12.2 Å². The Morgan fingerprint density at radius 3 is 1.88 bits per heavy atom. The van der Waals surface area contributed by atoms with Gasteiger partial charge in [0, 0.05) is 0 Å². The van der Waals surface area contributed by atoms with Crippen molar-refractivity contribution in [2.75, 3.05) is 13.2 Å². The molecule has 0 aromatic heterocycles. The molecular formula is C5H6O3. The maximum absolute atomic E-state index is 10.7. The van der Waals surface area contributed by atoms with Gasteiger partial charge in [-0.1, -0.05) is 0 Å². The summed E-state index contributed by atoms with van der Waals surface area (Å²) in [5, 5.41) is 0. The van der Waals surface area contributed by atoms with Gasteiger partial charge in [0.05, 0.1) is 13.2 Å². The van der Waals surface area contributed by atoms with Crippen LogP contribution in [0.4, 0.5) is 0 Å². The SMILES string of the molecule is O=C(C1CO1)C1CO1. The Morgan fingerprint density at radius 1 is 1.25 bits per heavy atom. The first kappa shape index (κ1) is 4.47. The summed E-state index contributed by atoms with van der Waals surface area (Å²) in [5.41, 5.74) is 0. The molecule has 0 radical (unpaired) electrons. The molecule has 0 N–H and O–H groups in total. The molecule has 0 bridgehead atoms. The number of rotatable bonds is 2. The lowest BCUT2D eigenvalue weighted by Crippen LogP contribution is -2.13. The number of epoxide rings is 2. The van der Waals surface area contributed by atoms with E-state index in [9.17, 15) is 4.79 Å². The largest absolute Gasteiger partial charge is 0.365 e. The number of carbonyl (C=O) groups excluding carboxylic acids is 1. The van der Waals surface area contributed by atoms with Crippen molar-refractivity contribution in [3.8, 4) is 0 Å². The van der Waals surface area contributed by atoms with Crippen molar-refractivity contribution >= 4 is 5.78 Å². The van der Waals surface area contributed by atoms with Crippen LogP contribution in [0, 0.1) is 0 Å². The molecule has 8 heavy (non-hydrogen) atoms. The van der Waals surface area contributed by atoms with E-state index in [2.05, 4.69) is 0 Å². The molecule has 2 saturated heterocycles. The summed E-state index contributed by atoms with van der Waals surface area (Å²) in [5.74, 6) is 0.130. The van der Waals surface area contributed by atoms with Crippen LogP contribution in [-0.4, -0.2) is 31.2 Å². The fourth-order valence-electron chi connectivity index (χ4n) is 0.632. The van der Waals surface area contributed by atoms with E-state index in [1.165, 1.54) is 0 Å². The number of Topliss-reactive ketones (excluding diaryl/α,β-unsaturated/α-hetero) is 1. The van der Waals surface area contributed by atoms with Crippen molar-refractivity contribution in [1.29, 1.82) is 0 Å². The minimum Gasteiger partial charge on any atom is -0.365 e. The molecule has 2 rings (SSSR count). The second-order valence-corrected chi connectivity index (χ2v) is 2.05. The Morgan fingerprint density at radius 2 is 1.62 bits per heavy atom. The van der Waals surface area contributed by atoms with E-state index in [1.807, 2.05) is 0 Å². The number of ether oxygens (including phenoxy) is 2. The summed E-state index contributed by atoms with van der Waals surface area (Å²) in [7, 11) is 0. The lowest BCUT2D eigenvalue weighted by atomic mass is 10.2. The summed E-state index contributed by atoms with van der Waals surface area (Å²) < 4.78 is 9.48. The molecular weight excluding hydrogens is 108 g/mol. The molecule has 3 heteroatoms. The van der Waals surface area contributed by atoms with Gasteiger partial charge in [-0.3, -0.25) is 4.79 Å². The summed E-state index contributed by atoms with van der Waals surface area (Å²) in [6.45, 7) is 1.22. The van der Waals surface area contributed by atoms with E-state index in [1.54, 1.807) is 0 Å². The molecule has 44 valence electrons. The van der Waals surface area contributed by atoms with E-state index >= 15 is 0 Å². The molecule has 0 aromatic carbocycles. The lowest BCUT2D eigenvalue weighted by molar-refractivity contribution is -0.121. The second-order valence-electron chi connectivity index (χ2n) is 2.05. The molecule has 2 aliphatic rings. The van der Waals surface area contributed by atoms with Gasteiger partial charge in [0.25, 0.3) is 0 Å². The van der Waals surface area contributed by atoms with E-state index in [0.717, 1.165) is 0 Å². The van der Waals surface area contributed by atoms with E-state index in [4.69, 9.17) is 9.47 Å². The van der Waals surface area contributed by atoms with Gasteiger partial charge in [-0.15, -0.1) is 0 Å². The Bertz CT molecular complexity index is 110. The summed E-state index contributed by atoms with van der Waals surface area (Å²) in [6.07, 6.45) is -0.218. The average molecular weight is 114 g/mol. The zero-order chi connectivity index (χ0) is 5.56. The van der Waals surface area contributed by atoms with Crippen molar-refractivity contribution in [3.05, 3.63) is 0 Å². The van der Waals surface area contributed by atoms with Crippen LogP contribution < -0.4 is 0 Å². The van der Waals surface area contributed by atoms with Gasteiger partial charge in [-0.25, -0.2) is 0 Å². The van der Waals surface area contributed by atoms with Crippen molar-refractivity contribution in [1.82, 2.24) is 0 Å². The highest BCUT2D eigenvalue weighted by atomic mass is 16.6. The zero-order valence-corrected chi connectivity index (χ0v) is 4.29. The van der Waals surface area contributed by atoms with Crippen LogP contribution in [0.25, 0.3) is 0 Å². The van der Waals surface area contributed by atoms with Gasteiger partial charge in [0.15, 0.2) is 5.78 Å². The van der Waals surface area contributed by atoms with Crippen molar-refractivity contribution in [2.45, 2.75) is 12.2 Å². The molecule has 0 aliphatic carbocycles.